The molecule has 5 rings (SSSR count). The molecule has 0 atom stereocenters. The van der Waals surface area contributed by atoms with Crippen molar-refractivity contribution in [1.82, 2.24) is 24.7 Å². The number of carbonyl (C=O) groups is 3. The van der Waals surface area contributed by atoms with Crippen LogP contribution in [0.4, 0.5) is 11.4 Å². The number of hydrogen-bond donors (Lipinski definition) is 2. The van der Waals surface area contributed by atoms with Crippen LogP contribution in [0.2, 0.25) is 0 Å². The predicted octanol–water partition coefficient (Wildman–Crippen LogP) is 1.98. The van der Waals surface area contributed by atoms with Crippen LogP contribution in [-0.4, -0.2) is 89.5 Å². The number of amides is 3. The number of benzene rings is 1. The number of hydrogen-bond acceptors (Lipinski definition) is 8. The molecular weight excluding hydrogens is 478 g/mol. The molecule has 0 unspecified atom stereocenters. The summed E-state index contributed by atoms with van der Waals surface area (Å²) >= 11 is 1.06. The predicted molar refractivity (Wildman–Crippen MR) is 139 cm³/mol. The second-order valence-electron chi connectivity index (χ2n) is 9.71. The fourth-order valence-electron chi connectivity index (χ4n) is 5.01. The number of piperazine rings is 1. The third kappa shape index (κ3) is 5.22. The van der Waals surface area contributed by atoms with E-state index in [0.717, 1.165) is 69.1 Å². The van der Waals surface area contributed by atoms with Gasteiger partial charge in [0.25, 0.3) is 11.8 Å². The van der Waals surface area contributed by atoms with Gasteiger partial charge >= 0.3 is 0 Å². The number of aryl methyl sites for hydroxylation is 1. The molecule has 192 valence electrons. The van der Waals surface area contributed by atoms with Crippen molar-refractivity contribution in [2.75, 3.05) is 62.6 Å². The quantitative estimate of drug-likeness (QED) is 0.632. The summed E-state index contributed by atoms with van der Waals surface area (Å²) in [5.41, 5.74) is 2.57. The number of carbonyl (C=O) groups excluding carboxylic acids is 3. The molecule has 2 N–H and O–H groups in total. The van der Waals surface area contributed by atoms with Crippen molar-refractivity contribution in [3.05, 3.63) is 34.3 Å². The summed E-state index contributed by atoms with van der Waals surface area (Å²) in [6.45, 7) is 7.46. The molecule has 36 heavy (non-hydrogen) atoms. The van der Waals surface area contributed by atoms with Gasteiger partial charge in [0.05, 0.1) is 17.1 Å². The number of rotatable bonds is 5. The first-order valence-corrected chi connectivity index (χ1v) is 13.6. The molecule has 2 saturated heterocycles. The molecule has 3 fully saturated rings. The van der Waals surface area contributed by atoms with E-state index in [1.165, 1.54) is 0 Å². The Bertz CT molecular complexity index is 1130. The summed E-state index contributed by atoms with van der Waals surface area (Å²) in [5.74, 6) is 0.147. The lowest BCUT2D eigenvalue weighted by Crippen LogP contribution is -2.46. The minimum atomic E-state index is -0.285. The highest BCUT2D eigenvalue weighted by atomic mass is 32.1. The molecule has 1 aliphatic carbocycles. The molecule has 0 bridgehead atoms. The molecule has 1 saturated carbocycles. The normalized spacial score (nSPS) is 19.0. The molecule has 3 aliphatic rings. The van der Waals surface area contributed by atoms with Crippen molar-refractivity contribution < 1.29 is 14.4 Å². The molecule has 2 aliphatic heterocycles. The van der Waals surface area contributed by atoms with Crippen molar-refractivity contribution in [3.63, 3.8) is 0 Å². The molecular formula is C25H33N7O3S. The Balaban J connectivity index is 1.39. The van der Waals surface area contributed by atoms with E-state index in [4.69, 9.17) is 0 Å². The highest BCUT2D eigenvalue weighted by Crippen LogP contribution is 2.32. The van der Waals surface area contributed by atoms with Gasteiger partial charge in [-0.05, 0) is 55.9 Å². The van der Waals surface area contributed by atoms with Crippen molar-refractivity contribution >= 4 is 40.6 Å². The van der Waals surface area contributed by atoms with Gasteiger partial charge in [0.1, 0.15) is 4.88 Å². The fourth-order valence-corrected chi connectivity index (χ4v) is 5.56. The van der Waals surface area contributed by atoms with Gasteiger partial charge in [-0.3, -0.25) is 14.4 Å². The summed E-state index contributed by atoms with van der Waals surface area (Å²) in [4.78, 5) is 45.6. The van der Waals surface area contributed by atoms with E-state index < -0.39 is 0 Å². The van der Waals surface area contributed by atoms with Gasteiger partial charge in [-0.1, -0.05) is 10.9 Å². The van der Waals surface area contributed by atoms with Gasteiger partial charge in [0.15, 0.2) is 0 Å². The fraction of sp³-hybridized carbons (Fsp3) is 0.560. The van der Waals surface area contributed by atoms with Crippen LogP contribution in [0.5, 0.6) is 0 Å². The minimum absolute atomic E-state index is 0.0395. The third-order valence-electron chi connectivity index (χ3n) is 7.36. The van der Waals surface area contributed by atoms with Crippen LogP contribution < -0.4 is 15.5 Å². The van der Waals surface area contributed by atoms with Gasteiger partial charge in [-0.25, -0.2) is 0 Å². The zero-order chi connectivity index (χ0) is 25.1. The molecule has 1 aromatic carbocycles. The Labute approximate surface area is 215 Å². The van der Waals surface area contributed by atoms with Crippen LogP contribution in [0.1, 0.15) is 51.4 Å². The maximum atomic E-state index is 13.2. The highest BCUT2D eigenvalue weighted by Gasteiger charge is 2.31. The number of nitrogens with one attached hydrogen (secondary N) is 2. The van der Waals surface area contributed by atoms with E-state index in [-0.39, 0.29) is 23.6 Å². The van der Waals surface area contributed by atoms with Crippen LogP contribution >= 0.6 is 11.5 Å². The lowest BCUT2D eigenvalue weighted by molar-refractivity contribution is -0.137. The first kappa shape index (κ1) is 24.6. The molecule has 11 heteroatoms. The smallest absolute Gasteiger partial charge is 0.269 e. The third-order valence-corrected chi connectivity index (χ3v) is 8.18. The number of aromatic nitrogens is 2. The van der Waals surface area contributed by atoms with Gasteiger partial charge in [0, 0.05) is 63.8 Å². The van der Waals surface area contributed by atoms with E-state index in [2.05, 4.69) is 25.1 Å². The van der Waals surface area contributed by atoms with Gasteiger partial charge in [0.2, 0.25) is 5.91 Å². The molecule has 1 aromatic heterocycles. The Kier molecular flexibility index (Phi) is 7.47. The standard InChI is InChI=1S/C25H33N7O3S/c1-17-22(36-29-28-17)23(33)27-20-16-19(25(35)32-12-8-26-9-13-32)6-7-21(20)30-10-3-11-31(15-14-30)24(34)18-4-2-5-18/h6-7,16,18,26H,2-5,8-15H2,1H3,(H,27,33). The van der Waals surface area contributed by atoms with Crippen molar-refractivity contribution in [1.29, 1.82) is 0 Å². The zero-order valence-electron chi connectivity index (χ0n) is 20.7. The Morgan fingerprint density at radius 1 is 1.00 bits per heavy atom. The maximum absolute atomic E-state index is 13.2. The average Bonchev–Trinajstić information content (AvgIpc) is 3.14. The van der Waals surface area contributed by atoms with E-state index >= 15 is 0 Å². The minimum Gasteiger partial charge on any atom is -0.368 e. The van der Waals surface area contributed by atoms with Crippen molar-refractivity contribution in [2.24, 2.45) is 5.92 Å². The maximum Gasteiger partial charge on any atom is 0.269 e. The SMILES string of the molecule is Cc1nnsc1C(=O)Nc1cc(C(=O)N2CCNCC2)ccc1N1CCCN(C(=O)C2CCC2)CC1. The summed E-state index contributed by atoms with van der Waals surface area (Å²) < 4.78 is 3.88. The first-order valence-electron chi connectivity index (χ1n) is 12.8. The van der Waals surface area contributed by atoms with Crippen molar-refractivity contribution in [3.8, 4) is 0 Å². The average molecular weight is 512 g/mol. The lowest BCUT2D eigenvalue weighted by Gasteiger charge is -2.31. The van der Waals surface area contributed by atoms with Crippen molar-refractivity contribution in [2.45, 2.75) is 32.6 Å². The summed E-state index contributed by atoms with van der Waals surface area (Å²) in [7, 11) is 0. The Morgan fingerprint density at radius 3 is 2.50 bits per heavy atom. The van der Waals surface area contributed by atoms with Crippen LogP contribution in [0.25, 0.3) is 0 Å². The first-order chi connectivity index (χ1) is 17.5. The molecule has 0 radical (unpaired) electrons. The lowest BCUT2D eigenvalue weighted by atomic mass is 9.84. The molecule has 10 nitrogen and oxygen atoms in total. The summed E-state index contributed by atoms with van der Waals surface area (Å²) in [5, 5.41) is 10.2. The number of anilines is 2. The molecule has 0 spiro atoms. The molecule has 2 aromatic rings. The van der Waals surface area contributed by atoms with E-state index in [1.807, 2.05) is 21.9 Å². The molecule has 3 heterocycles. The zero-order valence-corrected chi connectivity index (χ0v) is 21.5. The summed E-state index contributed by atoms with van der Waals surface area (Å²) in [6.07, 6.45) is 4.01. The Hall–Kier alpha value is -3.05. The van der Waals surface area contributed by atoms with Crippen LogP contribution in [-0.2, 0) is 4.79 Å². The van der Waals surface area contributed by atoms with E-state index in [0.29, 0.717) is 48.0 Å². The Morgan fingerprint density at radius 2 is 1.81 bits per heavy atom. The van der Waals surface area contributed by atoms with E-state index in [1.54, 1.807) is 13.0 Å². The summed E-state index contributed by atoms with van der Waals surface area (Å²) in [6, 6.07) is 5.55. The second kappa shape index (κ2) is 10.9. The largest absolute Gasteiger partial charge is 0.368 e. The second-order valence-corrected chi connectivity index (χ2v) is 10.5. The van der Waals surface area contributed by atoms with Gasteiger partial charge < -0.3 is 25.3 Å². The van der Waals surface area contributed by atoms with Gasteiger partial charge in [-0.15, -0.1) is 5.10 Å². The van der Waals surface area contributed by atoms with Crippen LogP contribution in [0.3, 0.4) is 0 Å². The topological polar surface area (TPSA) is 111 Å². The number of nitrogens with zero attached hydrogens (tertiary/aromatic N) is 5. The monoisotopic (exact) mass is 511 g/mol. The molecule has 3 amide bonds. The van der Waals surface area contributed by atoms with Crippen LogP contribution in [0.15, 0.2) is 18.2 Å². The van der Waals surface area contributed by atoms with E-state index in [9.17, 15) is 14.4 Å². The highest BCUT2D eigenvalue weighted by molar-refractivity contribution is 7.08. The van der Waals surface area contributed by atoms with Crippen LogP contribution in [0, 0.1) is 12.8 Å². The van der Waals surface area contributed by atoms with Gasteiger partial charge in [-0.2, -0.15) is 0 Å².